The van der Waals surface area contributed by atoms with E-state index in [-0.39, 0.29) is 0 Å². The Balaban J connectivity index is 1.60. The van der Waals surface area contributed by atoms with Gasteiger partial charge in [0.05, 0.1) is 12.3 Å². The molecule has 94 valence electrons. The number of benzene rings is 1. The second-order valence-electron chi connectivity index (χ2n) is 4.61. The fraction of sp³-hybridized carbons (Fsp3) is 0.357. The van der Waals surface area contributed by atoms with E-state index in [1.54, 1.807) is 6.20 Å². The number of hydrogen-bond acceptors (Lipinski definition) is 3. The highest BCUT2D eigenvalue weighted by molar-refractivity contribution is 5.58. The second kappa shape index (κ2) is 5.33. The lowest BCUT2D eigenvalue weighted by molar-refractivity contribution is 0.190. The molecule has 1 aliphatic rings. The molecule has 0 aliphatic carbocycles. The molecule has 1 saturated heterocycles. The summed E-state index contributed by atoms with van der Waals surface area (Å²) in [4.78, 5) is 0. The third-order valence-electron chi connectivity index (χ3n) is 3.29. The number of hydrogen-bond donors (Lipinski definition) is 2. The van der Waals surface area contributed by atoms with Crippen LogP contribution in [0.5, 0.6) is 0 Å². The maximum atomic E-state index is 5.34. The van der Waals surface area contributed by atoms with Crippen LogP contribution in [-0.4, -0.2) is 29.5 Å². The Kier molecular flexibility index (Phi) is 3.39. The Labute approximate surface area is 106 Å². The summed E-state index contributed by atoms with van der Waals surface area (Å²) in [6.45, 7) is 2.62. The van der Waals surface area contributed by atoms with E-state index in [0.717, 1.165) is 31.9 Å². The van der Waals surface area contributed by atoms with E-state index in [2.05, 4.69) is 39.8 Å². The summed E-state index contributed by atoms with van der Waals surface area (Å²) >= 11 is 0. The SMILES string of the molecule is c1cc(-c2ccc(CNC3CCOC3)cc2)[nH]n1. The number of nitrogens with zero attached hydrogens (tertiary/aromatic N) is 1. The van der Waals surface area contributed by atoms with E-state index in [4.69, 9.17) is 4.74 Å². The number of aromatic amines is 1. The van der Waals surface area contributed by atoms with Crippen LogP contribution in [0.1, 0.15) is 12.0 Å². The lowest BCUT2D eigenvalue weighted by Crippen LogP contribution is -2.28. The van der Waals surface area contributed by atoms with Crippen LogP contribution in [0.4, 0.5) is 0 Å². The van der Waals surface area contributed by atoms with E-state index < -0.39 is 0 Å². The van der Waals surface area contributed by atoms with E-state index >= 15 is 0 Å². The second-order valence-corrected chi connectivity index (χ2v) is 4.61. The first kappa shape index (κ1) is 11.4. The minimum absolute atomic E-state index is 0.511. The monoisotopic (exact) mass is 243 g/mol. The van der Waals surface area contributed by atoms with Crippen molar-refractivity contribution in [1.82, 2.24) is 15.5 Å². The van der Waals surface area contributed by atoms with E-state index in [0.29, 0.717) is 6.04 Å². The molecular formula is C14H17N3O. The largest absolute Gasteiger partial charge is 0.380 e. The van der Waals surface area contributed by atoms with Gasteiger partial charge in [0, 0.05) is 25.4 Å². The first-order chi connectivity index (χ1) is 8.92. The molecule has 0 spiro atoms. The molecule has 1 aromatic heterocycles. The Bertz CT molecular complexity index is 472. The predicted octanol–water partition coefficient (Wildman–Crippen LogP) is 1.96. The van der Waals surface area contributed by atoms with Crippen LogP contribution in [0.2, 0.25) is 0 Å². The summed E-state index contributed by atoms with van der Waals surface area (Å²) in [7, 11) is 0. The van der Waals surface area contributed by atoms with Crippen LogP contribution in [0, 0.1) is 0 Å². The number of nitrogens with one attached hydrogen (secondary N) is 2. The van der Waals surface area contributed by atoms with Crippen molar-refractivity contribution in [2.45, 2.75) is 19.0 Å². The lowest BCUT2D eigenvalue weighted by atomic mass is 10.1. The molecule has 2 heterocycles. The highest BCUT2D eigenvalue weighted by Crippen LogP contribution is 2.16. The van der Waals surface area contributed by atoms with Crippen LogP contribution in [0.25, 0.3) is 11.3 Å². The summed E-state index contributed by atoms with van der Waals surface area (Å²) in [5.41, 5.74) is 3.52. The first-order valence-corrected chi connectivity index (χ1v) is 6.31. The van der Waals surface area contributed by atoms with E-state index in [1.807, 2.05) is 6.07 Å². The summed E-state index contributed by atoms with van der Waals surface area (Å²) < 4.78 is 5.34. The molecule has 0 bridgehead atoms. The zero-order valence-corrected chi connectivity index (χ0v) is 10.2. The van der Waals surface area contributed by atoms with Crippen molar-refractivity contribution in [2.24, 2.45) is 0 Å². The fourth-order valence-corrected chi connectivity index (χ4v) is 2.18. The minimum atomic E-state index is 0.511. The predicted molar refractivity (Wildman–Crippen MR) is 70.1 cm³/mol. The highest BCUT2D eigenvalue weighted by Gasteiger charge is 2.14. The van der Waals surface area contributed by atoms with Crippen molar-refractivity contribution >= 4 is 0 Å². The number of H-pyrrole nitrogens is 1. The van der Waals surface area contributed by atoms with Gasteiger partial charge in [-0.2, -0.15) is 5.10 Å². The van der Waals surface area contributed by atoms with Crippen molar-refractivity contribution in [3.05, 3.63) is 42.1 Å². The Hall–Kier alpha value is -1.65. The molecule has 0 amide bonds. The van der Waals surface area contributed by atoms with Gasteiger partial charge in [0.2, 0.25) is 0 Å². The molecule has 1 atom stereocenters. The smallest absolute Gasteiger partial charge is 0.0650 e. The first-order valence-electron chi connectivity index (χ1n) is 6.31. The normalized spacial score (nSPS) is 19.2. The molecule has 2 N–H and O–H groups in total. The fourth-order valence-electron chi connectivity index (χ4n) is 2.18. The third kappa shape index (κ3) is 2.60. The quantitative estimate of drug-likeness (QED) is 0.863. The van der Waals surface area contributed by atoms with Crippen LogP contribution >= 0.6 is 0 Å². The minimum Gasteiger partial charge on any atom is -0.380 e. The van der Waals surface area contributed by atoms with Crippen LogP contribution in [0.3, 0.4) is 0 Å². The molecule has 1 aromatic carbocycles. The van der Waals surface area contributed by atoms with Gasteiger partial charge >= 0.3 is 0 Å². The van der Waals surface area contributed by atoms with Crippen LogP contribution in [0.15, 0.2) is 36.5 Å². The van der Waals surface area contributed by atoms with Gasteiger partial charge < -0.3 is 10.1 Å². The standard InChI is InChI=1S/C14H17N3O/c1-3-12(14-5-7-16-17-14)4-2-11(1)9-15-13-6-8-18-10-13/h1-5,7,13,15H,6,8-10H2,(H,16,17). The van der Waals surface area contributed by atoms with Gasteiger partial charge in [-0.1, -0.05) is 24.3 Å². The van der Waals surface area contributed by atoms with Gasteiger partial charge in [-0.25, -0.2) is 0 Å². The molecule has 0 saturated carbocycles. The van der Waals surface area contributed by atoms with E-state index in [1.165, 1.54) is 11.1 Å². The van der Waals surface area contributed by atoms with Crippen molar-refractivity contribution in [3.8, 4) is 11.3 Å². The summed E-state index contributed by atoms with van der Waals surface area (Å²) in [6, 6.07) is 11.0. The molecule has 18 heavy (non-hydrogen) atoms. The number of aromatic nitrogens is 2. The average Bonchev–Trinajstić information content (AvgIpc) is 3.10. The molecule has 1 aliphatic heterocycles. The summed E-state index contributed by atoms with van der Waals surface area (Å²) in [5, 5.41) is 10.4. The summed E-state index contributed by atoms with van der Waals surface area (Å²) in [5.74, 6) is 0. The van der Waals surface area contributed by atoms with Gasteiger partial charge in [0.25, 0.3) is 0 Å². The molecule has 2 aromatic rings. The van der Waals surface area contributed by atoms with Gasteiger partial charge in [0.15, 0.2) is 0 Å². The lowest BCUT2D eigenvalue weighted by Gasteiger charge is -2.10. The van der Waals surface area contributed by atoms with Gasteiger partial charge in [0.1, 0.15) is 0 Å². The average molecular weight is 243 g/mol. The molecule has 0 radical (unpaired) electrons. The van der Waals surface area contributed by atoms with Crippen molar-refractivity contribution in [3.63, 3.8) is 0 Å². The van der Waals surface area contributed by atoms with Crippen molar-refractivity contribution in [2.75, 3.05) is 13.2 Å². The molecule has 4 nitrogen and oxygen atoms in total. The molecular weight excluding hydrogens is 226 g/mol. The third-order valence-corrected chi connectivity index (χ3v) is 3.29. The van der Waals surface area contributed by atoms with E-state index in [9.17, 15) is 0 Å². The molecule has 1 unspecified atom stereocenters. The Morgan fingerprint density at radius 2 is 2.17 bits per heavy atom. The van der Waals surface area contributed by atoms with Gasteiger partial charge in [-0.15, -0.1) is 0 Å². The molecule has 3 rings (SSSR count). The maximum Gasteiger partial charge on any atom is 0.0650 e. The molecule has 1 fully saturated rings. The topological polar surface area (TPSA) is 49.9 Å². The van der Waals surface area contributed by atoms with Crippen molar-refractivity contribution < 1.29 is 4.74 Å². The van der Waals surface area contributed by atoms with Crippen LogP contribution < -0.4 is 5.32 Å². The van der Waals surface area contributed by atoms with Gasteiger partial charge in [-0.3, -0.25) is 5.10 Å². The highest BCUT2D eigenvalue weighted by atomic mass is 16.5. The Morgan fingerprint density at radius 3 is 2.83 bits per heavy atom. The Morgan fingerprint density at radius 1 is 1.28 bits per heavy atom. The van der Waals surface area contributed by atoms with Gasteiger partial charge in [-0.05, 0) is 23.6 Å². The zero-order valence-electron chi connectivity index (χ0n) is 10.2. The zero-order chi connectivity index (χ0) is 12.2. The number of ether oxygens (including phenoxy) is 1. The van der Waals surface area contributed by atoms with Crippen LogP contribution in [-0.2, 0) is 11.3 Å². The molecule has 4 heteroatoms. The number of rotatable bonds is 4. The summed E-state index contributed by atoms with van der Waals surface area (Å²) in [6.07, 6.45) is 2.89. The van der Waals surface area contributed by atoms with Crippen molar-refractivity contribution in [1.29, 1.82) is 0 Å². The maximum absolute atomic E-state index is 5.34.